The van der Waals surface area contributed by atoms with Gasteiger partial charge in [0.1, 0.15) is 42.0 Å². The number of para-hydroxylation sites is 1. The van der Waals surface area contributed by atoms with Crippen LogP contribution in [0.2, 0.25) is 0 Å². The van der Waals surface area contributed by atoms with Crippen molar-refractivity contribution in [1.29, 1.82) is 0 Å². The molecule has 6 atom stereocenters. The number of fused-ring (bicyclic) bond motifs is 1. The predicted octanol–water partition coefficient (Wildman–Crippen LogP) is -0.0302. The van der Waals surface area contributed by atoms with Crippen LogP contribution in [0.25, 0.3) is 10.9 Å². The molecular formula is C40H50N8O10. The first-order valence-electron chi connectivity index (χ1n) is 19.3. The summed E-state index contributed by atoms with van der Waals surface area (Å²) in [6, 6.07) is 6.50. The van der Waals surface area contributed by atoms with Gasteiger partial charge in [-0.25, -0.2) is 0 Å². The molecule has 3 aromatic rings. The zero-order valence-corrected chi connectivity index (χ0v) is 32.4. The normalized spacial score (nSPS) is 18.4. The number of primary amides is 1. The fraction of sp³-hybridized carbons (Fsp3) is 0.450. The lowest BCUT2D eigenvalue weighted by atomic mass is 10.0. The van der Waals surface area contributed by atoms with E-state index in [1.54, 1.807) is 24.4 Å². The molecule has 5 rings (SSSR count). The van der Waals surface area contributed by atoms with Gasteiger partial charge in [-0.1, -0.05) is 30.3 Å². The molecule has 0 saturated carbocycles. The third-order valence-corrected chi connectivity index (χ3v) is 10.6. The summed E-state index contributed by atoms with van der Waals surface area (Å²) in [6.45, 7) is 3.54. The summed E-state index contributed by atoms with van der Waals surface area (Å²) in [7, 11) is 0. The topological polar surface area (TPSA) is 273 Å². The van der Waals surface area contributed by atoms with E-state index >= 15 is 0 Å². The number of phenolic OH excluding ortho intramolecular Hbond substituents is 1. The van der Waals surface area contributed by atoms with Gasteiger partial charge in [-0.2, -0.15) is 0 Å². The lowest BCUT2D eigenvalue weighted by molar-refractivity contribution is -0.146. The Labute approximate surface area is 334 Å². The van der Waals surface area contributed by atoms with Gasteiger partial charge in [0.25, 0.3) is 0 Å². The number of nitrogens with one attached hydrogen (secondary N) is 5. The SMILES string of the molecule is CC(=O)N1CCC[C@H]1C(=O)N1CCC[C@H]1C(=O)N[C@@H](Cc1ccc(O)cc1)C(=O)N[C@@H](C)C(=O)N[C@@H](Cc1c[nH]c2ccccc12)C(=O)N[C@@H](CCC(=O)O)C(N)=O. The second kappa shape index (κ2) is 19.1. The Hall–Kier alpha value is -6.46. The highest BCUT2D eigenvalue weighted by atomic mass is 16.4. The van der Waals surface area contributed by atoms with Crippen molar-refractivity contribution < 1.29 is 48.6 Å². The second-order valence-corrected chi connectivity index (χ2v) is 14.7. The Morgan fingerprint density at radius 3 is 2.09 bits per heavy atom. The summed E-state index contributed by atoms with van der Waals surface area (Å²) in [5.74, 6) is -5.67. The highest BCUT2D eigenvalue weighted by molar-refractivity contribution is 5.97. The average Bonchev–Trinajstić information content (AvgIpc) is 3.97. The van der Waals surface area contributed by atoms with Crippen LogP contribution in [0, 0.1) is 0 Å². The molecular weight excluding hydrogens is 752 g/mol. The van der Waals surface area contributed by atoms with E-state index in [9.17, 15) is 43.5 Å². The molecule has 0 radical (unpaired) electrons. The molecule has 2 aliphatic rings. The van der Waals surface area contributed by atoms with Gasteiger partial charge in [0.2, 0.25) is 41.4 Å². The van der Waals surface area contributed by atoms with Gasteiger partial charge in [-0.05, 0) is 68.4 Å². The van der Waals surface area contributed by atoms with Crippen molar-refractivity contribution in [1.82, 2.24) is 36.1 Å². The van der Waals surface area contributed by atoms with E-state index in [-0.39, 0.29) is 36.8 Å². The maximum Gasteiger partial charge on any atom is 0.303 e. The zero-order valence-electron chi connectivity index (χ0n) is 32.4. The van der Waals surface area contributed by atoms with Crippen molar-refractivity contribution in [2.75, 3.05) is 13.1 Å². The van der Waals surface area contributed by atoms with E-state index in [1.807, 2.05) is 18.2 Å². The van der Waals surface area contributed by atoms with Crippen LogP contribution in [0.3, 0.4) is 0 Å². The number of likely N-dealkylation sites (tertiary alicyclic amines) is 2. The lowest BCUT2D eigenvalue weighted by Crippen LogP contribution is -2.59. The number of carboxylic acids is 1. The molecule has 3 heterocycles. The first-order valence-corrected chi connectivity index (χ1v) is 19.3. The number of phenols is 1. The van der Waals surface area contributed by atoms with Gasteiger partial charge >= 0.3 is 5.97 Å². The number of carboxylic acid groups (broad SMARTS) is 1. The number of amides is 7. The average molecular weight is 803 g/mol. The third-order valence-electron chi connectivity index (χ3n) is 10.6. The number of nitrogens with two attached hydrogens (primary N) is 1. The molecule has 9 N–H and O–H groups in total. The molecule has 310 valence electrons. The van der Waals surface area contributed by atoms with E-state index in [0.717, 1.165) is 10.9 Å². The van der Waals surface area contributed by atoms with Crippen LogP contribution in [0.1, 0.15) is 63.5 Å². The first-order chi connectivity index (χ1) is 27.6. The molecule has 1 aromatic heterocycles. The van der Waals surface area contributed by atoms with Crippen LogP contribution in [0.5, 0.6) is 5.75 Å². The summed E-state index contributed by atoms with van der Waals surface area (Å²) < 4.78 is 0. The summed E-state index contributed by atoms with van der Waals surface area (Å²) in [5, 5.41) is 30.2. The van der Waals surface area contributed by atoms with E-state index < -0.39 is 78.2 Å². The van der Waals surface area contributed by atoms with Gasteiger partial charge in [-0.3, -0.25) is 38.4 Å². The molecule has 7 amide bonds. The Bertz CT molecular complexity index is 2030. The van der Waals surface area contributed by atoms with Crippen LogP contribution >= 0.6 is 0 Å². The number of rotatable bonds is 17. The number of carbonyl (C=O) groups excluding carboxylic acids is 7. The molecule has 2 saturated heterocycles. The molecule has 2 aromatic carbocycles. The van der Waals surface area contributed by atoms with Crippen molar-refractivity contribution in [3.63, 3.8) is 0 Å². The number of aromatic amines is 1. The number of aromatic hydroxyl groups is 1. The van der Waals surface area contributed by atoms with Crippen LogP contribution in [0.15, 0.2) is 54.7 Å². The largest absolute Gasteiger partial charge is 0.508 e. The Morgan fingerprint density at radius 2 is 1.41 bits per heavy atom. The highest BCUT2D eigenvalue weighted by Crippen LogP contribution is 2.26. The first kappa shape index (κ1) is 42.7. The van der Waals surface area contributed by atoms with E-state index in [0.29, 0.717) is 49.9 Å². The predicted molar refractivity (Wildman–Crippen MR) is 208 cm³/mol. The minimum atomic E-state index is -1.34. The zero-order chi connectivity index (χ0) is 42.1. The Balaban J connectivity index is 1.32. The number of nitrogens with zero attached hydrogens (tertiary/aromatic N) is 2. The second-order valence-electron chi connectivity index (χ2n) is 14.7. The molecule has 0 bridgehead atoms. The smallest absolute Gasteiger partial charge is 0.303 e. The molecule has 0 aliphatic carbocycles. The number of hydrogen-bond donors (Lipinski definition) is 8. The summed E-state index contributed by atoms with van der Waals surface area (Å²) in [4.78, 5) is 110. The van der Waals surface area contributed by atoms with Gasteiger partial charge in [0.15, 0.2) is 0 Å². The number of hydrogen-bond acceptors (Lipinski definition) is 9. The molecule has 2 aliphatic heterocycles. The van der Waals surface area contributed by atoms with E-state index in [1.165, 1.54) is 35.8 Å². The van der Waals surface area contributed by atoms with Crippen LogP contribution in [0.4, 0.5) is 0 Å². The van der Waals surface area contributed by atoms with Gasteiger partial charge in [-0.15, -0.1) is 0 Å². The van der Waals surface area contributed by atoms with Crippen LogP contribution in [-0.2, 0) is 51.2 Å². The van der Waals surface area contributed by atoms with Crippen molar-refractivity contribution in [3.05, 3.63) is 65.9 Å². The summed E-state index contributed by atoms with van der Waals surface area (Å²) >= 11 is 0. The van der Waals surface area contributed by atoms with Gasteiger partial charge in [0, 0.05) is 56.4 Å². The standard InChI is InChI=1S/C40H50N8O10/c1-22(36(54)45-31(20-25-21-42-28-8-4-3-7-27(25)28)38(56)44-29(35(41)53)15-16-34(51)52)43-37(55)30(19-24-11-13-26(50)14-12-24)46-39(57)32-9-5-18-48(32)40(58)33-10-6-17-47(33)23(2)49/h3-4,7-8,11-14,21-22,29-33,42,50H,5-6,9-10,15-20H2,1-2H3,(H2,41,53)(H,43,55)(H,44,56)(H,45,54)(H,46,57)(H,51,52)/t22-,29-,30-,31-,32-,33-/m0/s1. The maximum atomic E-state index is 13.9. The van der Waals surface area contributed by atoms with Crippen molar-refractivity contribution in [2.24, 2.45) is 5.73 Å². The van der Waals surface area contributed by atoms with Crippen molar-refractivity contribution >= 4 is 58.2 Å². The van der Waals surface area contributed by atoms with Crippen LogP contribution in [-0.4, -0.2) is 122 Å². The number of aromatic nitrogens is 1. The fourth-order valence-corrected chi connectivity index (χ4v) is 7.47. The third kappa shape index (κ3) is 10.7. The minimum absolute atomic E-state index is 0.0130. The van der Waals surface area contributed by atoms with Crippen molar-refractivity contribution in [2.45, 2.75) is 101 Å². The highest BCUT2D eigenvalue weighted by Gasteiger charge is 2.42. The number of benzene rings is 2. The molecule has 0 spiro atoms. The van der Waals surface area contributed by atoms with E-state index in [4.69, 9.17) is 10.8 Å². The van der Waals surface area contributed by atoms with Crippen molar-refractivity contribution in [3.8, 4) is 5.75 Å². The molecule has 2 fully saturated rings. The lowest BCUT2D eigenvalue weighted by Gasteiger charge is -2.31. The molecule has 58 heavy (non-hydrogen) atoms. The van der Waals surface area contributed by atoms with E-state index in [2.05, 4.69) is 26.3 Å². The summed E-state index contributed by atoms with van der Waals surface area (Å²) in [5.41, 5.74) is 7.44. The molecule has 0 unspecified atom stereocenters. The summed E-state index contributed by atoms with van der Waals surface area (Å²) in [6.07, 6.45) is 2.84. The minimum Gasteiger partial charge on any atom is -0.508 e. The van der Waals surface area contributed by atoms with Crippen LogP contribution < -0.4 is 27.0 Å². The number of aliphatic carboxylic acids is 1. The van der Waals surface area contributed by atoms with Gasteiger partial charge < -0.3 is 52.0 Å². The number of carbonyl (C=O) groups is 8. The monoisotopic (exact) mass is 802 g/mol. The quantitative estimate of drug-likeness (QED) is 0.0903. The van der Waals surface area contributed by atoms with Gasteiger partial charge in [0.05, 0.1) is 0 Å². The molecule has 18 heteroatoms. The number of H-pyrrole nitrogens is 1. The fourth-order valence-electron chi connectivity index (χ4n) is 7.47. The Morgan fingerprint density at radius 1 is 0.793 bits per heavy atom. The Kier molecular flexibility index (Phi) is 14.1. The molecule has 18 nitrogen and oxygen atoms in total. The maximum absolute atomic E-state index is 13.9.